The molecule has 1 aromatic carbocycles. The van der Waals surface area contributed by atoms with E-state index in [0.717, 1.165) is 17.7 Å². The maximum Gasteiger partial charge on any atom is 0.321 e. The van der Waals surface area contributed by atoms with Gasteiger partial charge in [-0.15, -0.1) is 0 Å². The lowest BCUT2D eigenvalue weighted by molar-refractivity contribution is -0.122. The van der Waals surface area contributed by atoms with E-state index in [2.05, 4.69) is 5.32 Å². The molecule has 2 atom stereocenters. The number of carbonyl (C=O) groups excluding carboxylic acids is 2. The average molecular weight is 330 g/mol. The fourth-order valence-electron chi connectivity index (χ4n) is 3.53. The first-order chi connectivity index (χ1) is 11.3. The van der Waals surface area contributed by atoms with Crippen LogP contribution in [0.15, 0.2) is 24.3 Å². The number of anilines is 1. The third-order valence-electron chi connectivity index (χ3n) is 5.02. The molecule has 0 saturated carbocycles. The first kappa shape index (κ1) is 16.8. The number of likely N-dealkylation sites (tertiary alicyclic amines) is 1. The summed E-state index contributed by atoms with van der Waals surface area (Å²) in [6, 6.07) is 7.09. The molecular weight excluding hydrogens is 304 g/mol. The Morgan fingerprint density at radius 2 is 2.08 bits per heavy atom. The van der Waals surface area contributed by atoms with E-state index in [1.165, 1.54) is 0 Å². The number of benzene rings is 1. The number of nitrogens with one attached hydrogen (secondary N) is 1. The van der Waals surface area contributed by atoms with Crippen LogP contribution in [0.1, 0.15) is 32.8 Å². The van der Waals surface area contributed by atoms with Crippen LogP contribution in [0, 0.1) is 5.92 Å². The number of nitrogens with zero attached hydrogens (tertiary/aromatic N) is 2. The number of hydrogen-bond donors (Lipinski definition) is 2. The number of nitrogens with two attached hydrogens (primary N) is 1. The lowest BCUT2D eigenvalue weighted by Gasteiger charge is -2.48. The zero-order valence-corrected chi connectivity index (χ0v) is 14.6. The zero-order valence-electron chi connectivity index (χ0n) is 14.6. The minimum Gasteiger partial charge on any atom is -0.324 e. The summed E-state index contributed by atoms with van der Waals surface area (Å²) in [5.41, 5.74) is 7.47. The van der Waals surface area contributed by atoms with E-state index >= 15 is 0 Å². The molecule has 24 heavy (non-hydrogen) atoms. The van der Waals surface area contributed by atoms with Gasteiger partial charge in [-0.3, -0.25) is 4.79 Å². The maximum atomic E-state index is 13.0. The topological polar surface area (TPSA) is 78.7 Å². The predicted molar refractivity (Wildman–Crippen MR) is 93.4 cm³/mol. The average Bonchev–Trinajstić information content (AvgIpc) is 2.66. The smallest absolute Gasteiger partial charge is 0.321 e. The van der Waals surface area contributed by atoms with E-state index in [9.17, 15) is 9.59 Å². The van der Waals surface area contributed by atoms with E-state index in [-0.39, 0.29) is 23.4 Å². The molecule has 0 spiro atoms. The molecule has 0 radical (unpaired) electrons. The lowest BCUT2D eigenvalue weighted by atomic mass is 9.93. The van der Waals surface area contributed by atoms with Crippen molar-refractivity contribution in [2.75, 3.05) is 18.4 Å². The highest BCUT2D eigenvalue weighted by atomic mass is 16.2. The van der Waals surface area contributed by atoms with Gasteiger partial charge in [-0.1, -0.05) is 38.5 Å². The number of carbonyl (C=O) groups is 2. The largest absolute Gasteiger partial charge is 0.324 e. The molecule has 1 aromatic rings. The number of hydrogen-bond acceptors (Lipinski definition) is 3. The molecule has 0 aromatic heterocycles. The van der Waals surface area contributed by atoms with Crippen LogP contribution in [0.3, 0.4) is 0 Å². The summed E-state index contributed by atoms with van der Waals surface area (Å²) in [6.45, 7) is 7.48. The molecule has 0 bridgehead atoms. The number of urea groups is 1. The summed E-state index contributed by atoms with van der Waals surface area (Å²) in [6.07, 6.45) is 0.826. The minimum atomic E-state index is -0.473. The molecule has 6 heteroatoms. The second-order valence-electron chi connectivity index (χ2n) is 7.40. The summed E-state index contributed by atoms with van der Waals surface area (Å²) in [7, 11) is 0. The van der Waals surface area contributed by atoms with E-state index in [1.54, 1.807) is 9.80 Å². The molecule has 3 amide bonds. The number of para-hydroxylation sites is 1. The fraction of sp³-hybridized carbons (Fsp3) is 0.556. The minimum absolute atomic E-state index is 0.0776. The summed E-state index contributed by atoms with van der Waals surface area (Å²) in [5.74, 6) is -0.0347. The zero-order chi connectivity index (χ0) is 17.5. The summed E-state index contributed by atoms with van der Waals surface area (Å²) in [5, 5.41) is 2.99. The fourth-order valence-corrected chi connectivity index (χ4v) is 3.53. The van der Waals surface area contributed by atoms with Gasteiger partial charge in [0.2, 0.25) is 5.91 Å². The van der Waals surface area contributed by atoms with Crippen molar-refractivity contribution in [3.05, 3.63) is 29.8 Å². The van der Waals surface area contributed by atoms with Gasteiger partial charge in [0.15, 0.2) is 0 Å². The van der Waals surface area contributed by atoms with Crippen molar-refractivity contribution in [1.82, 2.24) is 9.80 Å². The predicted octanol–water partition coefficient (Wildman–Crippen LogP) is 2.01. The van der Waals surface area contributed by atoms with Gasteiger partial charge >= 0.3 is 6.03 Å². The monoisotopic (exact) mass is 330 g/mol. The highest BCUT2D eigenvalue weighted by molar-refractivity contribution is 5.99. The Hall–Kier alpha value is -2.08. The molecule has 2 aliphatic rings. The molecular formula is C18H26N4O2. The van der Waals surface area contributed by atoms with Crippen LogP contribution < -0.4 is 11.1 Å². The Morgan fingerprint density at radius 1 is 1.42 bits per heavy atom. The Morgan fingerprint density at radius 3 is 2.71 bits per heavy atom. The summed E-state index contributed by atoms with van der Waals surface area (Å²) in [4.78, 5) is 29.3. The summed E-state index contributed by atoms with van der Waals surface area (Å²) >= 11 is 0. The van der Waals surface area contributed by atoms with Crippen molar-refractivity contribution in [2.45, 2.75) is 45.3 Å². The SMILES string of the molecule is CCC(C)C1C(=O)Nc2ccccc2CN1C(=O)N1CC(C)(N)C1. The van der Waals surface area contributed by atoms with E-state index in [4.69, 9.17) is 5.73 Å². The number of amides is 3. The van der Waals surface area contributed by atoms with Crippen LogP contribution in [0.5, 0.6) is 0 Å². The number of rotatable bonds is 2. The van der Waals surface area contributed by atoms with Crippen LogP contribution in [0.2, 0.25) is 0 Å². The van der Waals surface area contributed by atoms with Gasteiger partial charge in [0.25, 0.3) is 0 Å². The van der Waals surface area contributed by atoms with Crippen LogP contribution >= 0.6 is 0 Å². The van der Waals surface area contributed by atoms with Gasteiger partial charge in [0.1, 0.15) is 6.04 Å². The van der Waals surface area contributed by atoms with Crippen molar-refractivity contribution in [2.24, 2.45) is 11.7 Å². The first-order valence-corrected chi connectivity index (χ1v) is 8.55. The van der Waals surface area contributed by atoms with Crippen molar-refractivity contribution in [3.8, 4) is 0 Å². The second kappa shape index (κ2) is 6.09. The van der Waals surface area contributed by atoms with Gasteiger partial charge in [-0.25, -0.2) is 4.79 Å². The quantitative estimate of drug-likeness (QED) is 0.870. The van der Waals surface area contributed by atoms with Crippen LogP contribution in [-0.4, -0.2) is 46.4 Å². The Kier molecular flexibility index (Phi) is 4.25. The van der Waals surface area contributed by atoms with Gasteiger partial charge in [0.05, 0.1) is 6.54 Å². The maximum absolute atomic E-state index is 13.0. The molecule has 3 rings (SSSR count). The molecule has 3 N–H and O–H groups in total. The van der Waals surface area contributed by atoms with Crippen molar-refractivity contribution >= 4 is 17.6 Å². The summed E-state index contributed by atoms with van der Waals surface area (Å²) < 4.78 is 0. The standard InChI is InChI=1S/C18H26N4O2/c1-4-12(2)15-16(23)20-14-8-6-5-7-13(14)9-22(15)17(24)21-10-18(3,19)11-21/h5-8,12,15H,4,9-11,19H2,1-3H3,(H,20,23). The van der Waals surface area contributed by atoms with E-state index in [1.807, 2.05) is 45.0 Å². The highest BCUT2D eigenvalue weighted by Crippen LogP contribution is 2.29. The molecule has 6 nitrogen and oxygen atoms in total. The molecule has 2 aliphatic heterocycles. The molecule has 130 valence electrons. The Labute approximate surface area is 143 Å². The molecule has 1 saturated heterocycles. The molecule has 1 fully saturated rings. The highest BCUT2D eigenvalue weighted by Gasteiger charge is 2.44. The van der Waals surface area contributed by atoms with Crippen molar-refractivity contribution in [1.29, 1.82) is 0 Å². The third-order valence-corrected chi connectivity index (χ3v) is 5.02. The van der Waals surface area contributed by atoms with Gasteiger partial charge < -0.3 is 20.9 Å². The Balaban J connectivity index is 1.92. The Bertz CT molecular complexity index is 650. The number of fused-ring (bicyclic) bond motifs is 1. The molecule has 2 unspecified atom stereocenters. The van der Waals surface area contributed by atoms with Gasteiger partial charge in [-0.05, 0) is 24.5 Å². The van der Waals surface area contributed by atoms with E-state index < -0.39 is 6.04 Å². The van der Waals surface area contributed by atoms with Crippen LogP contribution in [0.4, 0.5) is 10.5 Å². The van der Waals surface area contributed by atoms with Gasteiger partial charge in [-0.2, -0.15) is 0 Å². The third kappa shape index (κ3) is 2.98. The van der Waals surface area contributed by atoms with Crippen LogP contribution in [0.25, 0.3) is 0 Å². The van der Waals surface area contributed by atoms with Crippen LogP contribution in [-0.2, 0) is 11.3 Å². The normalized spacial score (nSPS) is 23.7. The second-order valence-corrected chi connectivity index (χ2v) is 7.40. The molecule has 0 aliphatic carbocycles. The van der Waals surface area contributed by atoms with E-state index in [0.29, 0.717) is 19.6 Å². The lowest BCUT2D eigenvalue weighted by Crippen LogP contribution is -2.69. The van der Waals surface area contributed by atoms with Gasteiger partial charge in [0, 0.05) is 24.3 Å². The molecule has 2 heterocycles. The van der Waals surface area contributed by atoms with Crippen molar-refractivity contribution < 1.29 is 9.59 Å². The van der Waals surface area contributed by atoms with Crippen molar-refractivity contribution in [3.63, 3.8) is 0 Å². The first-order valence-electron chi connectivity index (χ1n) is 8.55.